The van der Waals surface area contributed by atoms with Crippen molar-refractivity contribution in [1.29, 1.82) is 0 Å². The van der Waals surface area contributed by atoms with Gasteiger partial charge in [-0.2, -0.15) is 0 Å². The first-order valence-corrected chi connectivity index (χ1v) is 8.32. The zero-order valence-electron chi connectivity index (χ0n) is 13.1. The summed E-state index contributed by atoms with van der Waals surface area (Å²) in [4.78, 5) is 14.7. The maximum Gasteiger partial charge on any atom is 0.239 e. The third-order valence-corrected chi connectivity index (χ3v) is 4.54. The van der Waals surface area contributed by atoms with Crippen LogP contribution in [0.2, 0.25) is 0 Å². The van der Waals surface area contributed by atoms with Gasteiger partial charge in [0.15, 0.2) is 0 Å². The summed E-state index contributed by atoms with van der Waals surface area (Å²) in [6, 6.07) is 10.3. The predicted octanol–water partition coefficient (Wildman–Crippen LogP) is 3.13. The number of amides is 1. The molecule has 1 aromatic carbocycles. The minimum Gasteiger partial charge on any atom is -0.338 e. The van der Waals surface area contributed by atoms with Crippen LogP contribution in [-0.4, -0.2) is 29.4 Å². The molecule has 1 aliphatic rings. The lowest BCUT2D eigenvalue weighted by Gasteiger charge is -2.31. The van der Waals surface area contributed by atoms with Gasteiger partial charge < -0.3 is 10.6 Å². The minimum atomic E-state index is -0.364. The molecule has 0 spiro atoms. The Bertz CT molecular complexity index is 432. The lowest BCUT2D eigenvalue weighted by Crippen LogP contribution is -2.48. The summed E-state index contributed by atoms with van der Waals surface area (Å²) in [5, 5.41) is 0. The first-order chi connectivity index (χ1) is 10.2. The van der Waals surface area contributed by atoms with Gasteiger partial charge in [0.05, 0.1) is 6.04 Å². The van der Waals surface area contributed by atoms with Gasteiger partial charge in [-0.15, -0.1) is 0 Å². The second-order valence-electron chi connectivity index (χ2n) is 6.07. The van der Waals surface area contributed by atoms with Gasteiger partial charge in [-0.25, -0.2) is 0 Å². The zero-order valence-corrected chi connectivity index (χ0v) is 13.1. The molecule has 0 radical (unpaired) electrons. The Labute approximate surface area is 128 Å². The molecule has 21 heavy (non-hydrogen) atoms. The number of carbonyl (C=O) groups is 1. The maximum absolute atomic E-state index is 12.6. The number of hydrogen-bond acceptors (Lipinski definition) is 2. The molecule has 0 saturated carbocycles. The molecule has 1 saturated heterocycles. The molecule has 0 aliphatic carbocycles. The number of benzene rings is 1. The van der Waals surface area contributed by atoms with Crippen molar-refractivity contribution in [2.24, 2.45) is 5.73 Å². The van der Waals surface area contributed by atoms with Crippen LogP contribution in [0.3, 0.4) is 0 Å². The monoisotopic (exact) mass is 288 g/mol. The number of nitrogens with two attached hydrogens (primary N) is 1. The Kier molecular flexibility index (Phi) is 6.24. The van der Waals surface area contributed by atoms with Gasteiger partial charge in [0.2, 0.25) is 5.91 Å². The number of likely N-dealkylation sites (tertiary alicyclic amines) is 1. The van der Waals surface area contributed by atoms with E-state index in [0.717, 1.165) is 38.6 Å². The Morgan fingerprint density at radius 1 is 1.29 bits per heavy atom. The number of aryl methyl sites for hydroxylation is 1. The maximum atomic E-state index is 12.6. The number of carbonyl (C=O) groups excluding carboxylic acids is 1. The highest BCUT2D eigenvalue weighted by Crippen LogP contribution is 2.20. The lowest BCUT2D eigenvalue weighted by molar-refractivity contribution is -0.135. The van der Waals surface area contributed by atoms with Crippen LogP contribution in [0, 0.1) is 0 Å². The van der Waals surface area contributed by atoms with Crippen LogP contribution in [0.4, 0.5) is 0 Å². The van der Waals surface area contributed by atoms with Gasteiger partial charge in [-0.3, -0.25) is 4.79 Å². The summed E-state index contributed by atoms with van der Waals surface area (Å²) in [5.74, 6) is 0.152. The topological polar surface area (TPSA) is 46.3 Å². The molecule has 2 rings (SSSR count). The van der Waals surface area contributed by atoms with Crippen molar-refractivity contribution in [3.05, 3.63) is 35.9 Å². The van der Waals surface area contributed by atoms with Gasteiger partial charge in [-0.05, 0) is 37.7 Å². The fourth-order valence-corrected chi connectivity index (χ4v) is 3.20. The summed E-state index contributed by atoms with van der Waals surface area (Å²) in [6.07, 6.45) is 7.37. The molecule has 0 aromatic heterocycles. The Balaban J connectivity index is 1.91. The van der Waals surface area contributed by atoms with Crippen molar-refractivity contribution in [2.75, 3.05) is 6.54 Å². The van der Waals surface area contributed by atoms with Crippen LogP contribution in [0.5, 0.6) is 0 Å². The summed E-state index contributed by atoms with van der Waals surface area (Å²) >= 11 is 0. The number of nitrogens with zero attached hydrogens (tertiary/aromatic N) is 1. The molecule has 1 fully saturated rings. The molecule has 116 valence electrons. The van der Waals surface area contributed by atoms with E-state index in [1.165, 1.54) is 18.4 Å². The first-order valence-electron chi connectivity index (χ1n) is 8.32. The van der Waals surface area contributed by atoms with Crippen molar-refractivity contribution in [1.82, 2.24) is 4.90 Å². The fourth-order valence-electron chi connectivity index (χ4n) is 3.20. The van der Waals surface area contributed by atoms with E-state index in [9.17, 15) is 4.79 Å². The van der Waals surface area contributed by atoms with Crippen LogP contribution in [0.1, 0.15) is 51.0 Å². The predicted molar refractivity (Wildman–Crippen MR) is 87.0 cm³/mol. The van der Waals surface area contributed by atoms with E-state index >= 15 is 0 Å². The molecular formula is C18H28N2O. The smallest absolute Gasteiger partial charge is 0.239 e. The van der Waals surface area contributed by atoms with E-state index in [4.69, 9.17) is 5.73 Å². The molecule has 3 heteroatoms. The highest BCUT2D eigenvalue weighted by Gasteiger charge is 2.27. The SMILES string of the molecule is CCC1CCCCCN1C(=O)C(N)CCc1ccccc1. The average molecular weight is 288 g/mol. The fraction of sp³-hybridized carbons (Fsp3) is 0.611. The molecule has 1 amide bonds. The summed E-state index contributed by atoms with van der Waals surface area (Å²) < 4.78 is 0. The van der Waals surface area contributed by atoms with E-state index in [1.807, 2.05) is 18.2 Å². The molecule has 0 bridgehead atoms. The molecule has 1 heterocycles. The van der Waals surface area contributed by atoms with Crippen LogP contribution >= 0.6 is 0 Å². The summed E-state index contributed by atoms with van der Waals surface area (Å²) in [5.41, 5.74) is 7.43. The first kappa shape index (κ1) is 16.0. The van der Waals surface area contributed by atoms with Crippen molar-refractivity contribution in [3.8, 4) is 0 Å². The Morgan fingerprint density at radius 3 is 2.76 bits per heavy atom. The Hall–Kier alpha value is -1.35. The summed E-state index contributed by atoms with van der Waals surface area (Å²) in [7, 11) is 0. The lowest BCUT2D eigenvalue weighted by atomic mass is 10.0. The van der Waals surface area contributed by atoms with E-state index < -0.39 is 0 Å². The number of hydrogen-bond donors (Lipinski definition) is 1. The van der Waals surface area contributed by atoms with Crippen LogP contribution in [0.15, 0.2) is 30.3 Å². The third-order valence-electron chi connectivity index (χ3n) is 4.54. The second kappa shape index (κ2) is 8.18. The average Bonchev–Trinajstić information content (AvgIpc) is 2.78. The zero-order chi connectivity index (χ0) is 15.1. The number of rotatable bonds is 5. The third kappa shape index (κ3) is 4.57. The van der Waals surface area contributed by atoms with Crippen molar-refractivity contribution < 1.29 is 4.79 Å². The molecule has 1 aliphatic heterocycles. The molecular weight excluding hydrogens is 260 g/mol. The second-order valence-corrected chi connectivity index (χ2v) is 6.07. The van der Waals surface area contributed by atoms with E-state index in [-0.39, 0.29) is 11.9 Å². The van der Waals surface area contributed by atoms with Gasteiger partial charge in [0.25, 0.3) is 0 Å². The van der Waals surface area contributed by atoms with Crippen LogP contribution < -0.4 is 5.73 Å². The van der Waals surface area contributed by atoms with Gasteiger partial charge >= 0.3 is 0 Å². The largest absolute Gasteiger partial charge is 0.338 e. The van der Waals surface area contributed by atoms with Crippen LogP contribution in [-0.2, 0) is 11.2 Å². The standard InChI is InChI=1S/C18H28N2O/c1-2-16-11-7-4-8-14-20(16)18(21)17(19)13-12-15-9-5-3-6-10-15/h3,5-6,9-10,16-17H,2,4,7-8,11-14,19H2,1H3. The molecule has 2 atom stereocenters. The molecule has 1 aromatic rings. The molecule has 3 nitrogen and oxygen atoms in total. The van der Waals surface area contributed by atoms with Gasteiger partial charge in [-0.1, -0.05) is 50.1 Å². The van der Waals surface area contributed by atoms with E-state index in [0.29, 0.717) is 6.04 Å². The Morgan fingerprint density at radius 2 is 2.05 bits per heavy atom. The van der Waals surface area contributed by atoms with Crippen molar-refractivity contribution in [2.45, 2.75) is 64.0 Å². The highest BCUT2D eigenvalue weighted by molar-refractivity contribution is 5.82. The normalized spacial score (nSPS) is 20.9. The van der Waals surface area contributed by atoms with Gasteiger partial charge in [0.1, 0.15) is 0 Å². The van der Waals surface area contributed by atoms with Crippen LogP contribution in [0.25, 0.3) is 0 Å². The highest BCUT2D eigenvalue weighted by atomic mass is 16.2. The quantitative estimate of drug-likeness (QED) is 0.905. The molecule has 2 N–H and O–H groups in total. The van der Waals surface area contributed by atoms with E-state index in [2.05, 4.69) is 24.0 Å². The van der Waals surface area contributed by atoms with Crippen molar-refractivity contribution in [3.63, 3.8) is 0 Å². The van der Waals surface area contributed by atoms with Crippen molar-refractivity contribution >= 4 is 5.91 Å². The van der Waals surface area contributed by atoms with E-state index in [1.54, 1.807) is 0 Å². The summed E-state index contributed by atoms with van der Waals surface area (Å²) in [6.45, 7) is 3.06. The molecule has 2 unspecified atom stereocenters. The minimum absolute atomic E-state index is 0.152. The van der Waals surface area contributed by atoms with Gasteiger partial charge in [0, 0.05) is 12.6 Å².